The van der Waals surface area contributed by atoms with Gasteiger partial charge in [0.25, 0.3) is 5.91 Å². The smallest absolute Gasteiger partial charge is 0.333 e. The molecule has 1 saturated carbocycles. The van der Waals surface area contributed by atoms with Crippen LogP contribution in [0.15, 0.2) is 12.3 Å². The Balaban J connectivity index is 2.11. The van der Waals surface area contributed by atoms with Crippen LogP contribution in [0, 0.1) is 0 Å². The Hall–Kier alpha value is -1.99. The number of nitrogens with two attached hydrogens (primary N) is 1. The van der Waals surface area contributed by atoms with Crippen molar-refractivity contribution in [3.63, 3.8) is 0 Å². The van der Waals surface area contributed by atoms with Gasteiger partial charge < -0.3 is 11.1 Å². The highest BCUT2D eigenvalue weighted by molar-refractivity contribution is 5.93. The third-order valence-corrected chi connectivity index (χ3v) is 3.74. The molecule has 0 aromatic carbocycles. The maximum Gasteiger partial charge on any atom is 0.333 e. The summed E-state index contributed by atoms with van der Waals surface area (Å²) in [6, 6.07) is 1.22. The monoisotopic (exact) mass is 300 g/mol. The first-order valence-corrected chi connectivity index (χ1v) is 6.86. The summed E-state index contributed by atoms with van der Waals surface area (Å²) in [6.07, 6.45) is 5.21. The number of alkyl halides is 2. The Bertz CT molecular complexity index is 524. The predicted molar refractivity (Wildman–Crippen MR) is 70.6 cm³/mol. The van der Waals surface area contributed by atoms with Crippen molar-refractivity contribution in [2.75, 3.05) is 0 Å². The summed E-state index contributed by atoms with van der Waals surface area (Å²) in [5, 5.41) is 6.30. The van der Waals surface area contributed by atoms with Gasteiger partial charge in [-0.2, -0.15) is 13.9 Å². The first-order chi connectivity index (χ1) is 9.92. The molecule has 1 heterocycles. The normalized spacial score (nSPS) is 17.7. The molecule has 3 N–H and O–H groups in total. The number of nitrogens with zero attached hydrogens (tertiary/aromatic N) is 2. The zero-order valence-electron chi connectivity index (χ0n) is 11.5. The van der Waals surface area contributed by atoms with Gasteiger partial charge in [0.2, 0.25) is 5.91 Å². The molecule has 21 heavy (non-hydrogen) atoms. The summed E-state index contributed by atoms with van der Waals surface area (Å²) in [5.41, 5.74) is 4.48. The Morgan fingerprint density at radius 1 is 1.38 bits per heavy atom. The fourth-order valence-electron chi connectivity index (χ4n) is 2.78. The van der Waals surface area contributed by atoms with Gasteiger partial charge in [-0.25, -0.2) is 4.68 Å². The third-order valence-electron chi connectivity index (χ3n) is 3.74. The van der Waals surface area contributed by atoms with Crippen LogP contribution in [-0.4, -0.2) is 27.1 Å². The van der Waals surface area contributed by atoms with Crippen LogP contribution in [0.5, 0.6) is 0 Å². The van der Waals surface area contributed by atoms with Crippen LogP contribution in [0.4, 0.5) is 8.78 Å². The molecule has 0 atom stereocenters. The molecule has 0 unspecified atom stereocenters. The van der Waals surface area contributed by atoms with Crippen molar-refractivity contribution in [1.29, 1.82) is 0 Å². The summed E-state index contributed by atoms with van der Waals surface area (Å²) >= 11 is 0. The minimum atomic E-state index is -2.79. The van der Waals surface area contributed by atoms with E-state index in [4.69, 9.17) is 5.73 Å². The van der Waals surface area contributed by atoms with Crippen molar-refractivity contribution in [1.82, 2.24) is 15.1 Å². The molecule has 6 nitrogen and oxygen atoms in total. The molecule has 8 heteroatoms. The van der Waals surface area contributed by atoms with Gasteiger partial charge in [-0.05, 0) is 18.9 Å². The Morgan fingerprint density at radius 2 is 2.05 bits per heavy atom. The number of hydrogen-bond donors (Lipinski definition) is 2. The van der Waals surface area contributed by atoms with Crippen molar-refractivity contribution < 1.29 is 18.4 Å². The average molecular weight is 300 g/mol. The molecule has 1 aromatic rings. The molecule has 116 valence electrons. The number of nitrogens with one attached hydrogen (secondary N) is 1. The number of amides is 2. The van der Waals surface area contributed by atoms with Crippen LogP contribution in [0.2, 0.25) is 0 Å². The third kappa shape index (κ3) is 3.77. The lowest BCUT2D eigenvalue weighted by Gasteiger charge is -2.37. The average Bonchev–Trinajstić information content (AvgIpc) is 2.88. The zero-order chi connectivity index (χ0) is 15.5. The van der Waals surface area contributed by atoms with Crippen molar-refractivity contribution >= 4 is 11.8 Å². The topological polar surface area (TPSA) is 90.0 Å². The van der Waals surface area contributed by atoms with E-state index in [1.165, 1.54) is 6.07 Å². The maximum atomic E-state index is 12.5. The largest absolute Gasteiger partial charge is 0.370 e. The van der Waals surface area contributed by atoms with Gasteiger partial charge in [-0.1, -0.05) is 19.3 Å². The molecule has 0 aliphatic heterocycles. The number of halogens is 2. The zero-order valence-corrected chi connectivity index (χ0v) is 11.5. The molecule has 2 rings (SSSR count). The number of aromatic nitrogens is 2. The Morgan fingerprint density at radius 3 is 2.57 bits per heavy atom. The number of carbonyl (C=O) groups is 2. The van der Waals surface area contributed by atoms with E-state index in [1.807, 2.05) is 0 Å². The van der Waals surface area contributed by atoms with Crippen molar-refractivity contribution in [3.05, 3.63) is 18.0 Å². The molecule has 1 aliphatic carbocycles. The van der Waals surface area contributed by atoms with Gasteiger partial charge in [0.15, 0.2) is 0 Å². The van der Waals surface area contributed by atoms with Crippen LogP contribution in [0.3, 0.4) is 0 Å². The standard InChI is InChI=1S/C13H18F2N4O2/c14-12(15)19-7-4-9(18-19)11(21)17-13(8-10(16)20)5-2-1-3-6-13/h4,7,12H,1-3,5-6,8H2,(H2,16,20)(H,17,21). The Labute approximate surface area is 120 Å². The van der Waals surface area contributed by atoms with E-state index in [2.05, 4.69) is 10.4 Å². The second-order valence-corrected chi connectivity index (χ2v) is 5.40. The fraction of sp³-hybridized carbons (Fsp3) is 0.615. The van der Waals surface area contributed by atoms with Gasteiger partial charge in [0.1, 0.15) is 5.69 Å². The number of hydrogen-bond acceptors (Lipinski definition) is 3. The molecule has 0 bridgehead atoms. The number of rotatable bonds is 5. The van der Waals surface area contributed by atoms with E-state index in [1.54, 1.807) is 0 Å². The van der Waals surface area contributed by atoms with Crippen LogP contribution < -0.4 is 11.1 Å². The van der Waals surface area contributed by atoms with Crippen molar-refractivity contribution in [3.8, 4) is 0 Å². The predicted octanol–water partition coefficient (Wildman–Crippen LogP) is 1.59. The molecule has 0 radical (unpaired) electrons. The summed E-state index contributed by atoms with van der Waals surface area (Å²) in [7, 11) is 0. The highest BCUT2D eigenvalue weighted by Gasteiger charge is 2.35. The lowest BCUT2D eigenvalue weighted by molar-refractivity contribution is -0.119. The molecule has 2 amide bonds. The minimum absolute atomic E-state index is 0.0499. The highest BCUT2D eigenvalue weighted by atomic mass is 19.3. The van der Waals surface area contributed by atoms with Crippen molar-refractivity contribution in [2.24, 2.45) is 5.73 Å². The summed E-state index contributed by atoms with van der Waals surface area (Å²) in [6.45, 7) is -2.79. The van der Waals surface area contributed by atoms with E-state index in [0.717, 1.165) is 25.5 Å². The van der Waals surface area contributed by atoms with Gasteiger partial charge >= 0.3 is 6.55 Å². The maximum absolute atomic E-state index is 12.5. The minimum Gasteiger partial charge on any atom is -0.370 e. The van der Waals surface area contributed by atoms with Crippen LogP contribution in [-0.2, 0) is 4.79 Å². The summed E-state index contributed by atoms with van der Waals surface area (Å²) in [4.78, 5) is 23.4. The molecule has 1 aromatic heterocycles. The van der Waals surface area contributed by atoms with E-state index in [0.29, 0.717) is 17.5 Å². The summed E-state index contributed by atoms with van der Waals surface area (Å²) in [5.74, 6) is -1.05. The van der Waals surface area contributed by atoms with Crippen LogP contribution in [0.1, 0.15) is 55.6 Å². The first-order valence-electron chi connectivity index (χ1n) is 6.86. The Kier molecular flexibility index (Phi) is 4.54. The van der Waals surface area contributed by atoms with Gasteiger partial charge in [0, 0.05) is 18.2 Å². The van der Waals surface area contributed by atoms with Crippen LogP contribution in [0.25, 0.3) is 0 Å². The van der Waals surface area contributed by atoms with Crippen LogP contribution >= 0.6 is 0 Å². The molecule has 1 aliphatic rings. The lowest BCUT2D eigenvalue weighted by Crippen LogP contribution is -2.52. The highest BCUT2D eigenvalue weighted by Crippen LogP contribution is 2.31. The van der Waals surface area contributed by atoms with Gasteiger partial charge in [0.05, 0.1) is 0 Å². The fourth-order valence-corrected chi connectivity index (χ4v) is 2.78. The molecular weight excluding hydrogens is 282 g/mol. The number of primary amides is 1. The van der Waals surface area contributed by atoms with E-state index >= 15 is 0 Å². The van der Waals surface area contributed by atoms with E-state index < -0.39 is 23.9 Å². The molecular formula is C13H18F2N4O2. The summed E-state index contributed by atoms with van der Waals surface area (Å²) < 4.78 is 25.3. The second kappa shape index (κ2) is 6.19. The lowest BCUT2D eigenvalue weighted by atomic mass is 9.79. The van der Waals surface area contributed by atoms with Crippen molar-refractivity contribution in [2.45, 2.75) is 50.6 Å². The van der Waals surface area contributed by atoms with E-state index in [-0.39, 0.29) is 12.1 Å². The molecule has 0 saturated heterocycles. The molecule has 1 fully saturated rings. The molecule has 0 spiro atoms. The van der Waals surface area contributed by atoms with Gasteiger partial charge in [-0.15, -0.1) is 0 Å². The first kappa shape index (κ1) is 15.4. The second-order valence-electron chi connectivity index (χ2n) is 5.40. The quantitative estimate of drug-likeness (QED) is 0.865. The van der Waals surface area contributed by atoms with Gasteiger partial charge in [-0.3, -0.25) is 9.59 Å². The van der Waals surface area contributed by atoms with E-state index in [9.17, 15) is 18.4 Å². The SMILES string of the molecule is NC(=O)CC1(NC(=O)c2ccn(C(F)F)n2)CCCCC1. The number of carbonyl (C=O) groups excluding carboxylic acids is 2.